The Morgan fingerprint density at radius 3 is 3.00 bits per heavy atom. The molecule has 0 bridgehead atoms. The van der Waals surface area contributed by atoms with Crippen molar-refractivity contribution in [1.82, 2.24) is 15.2 Å². The number of aliphatic carboxylic acids is 1. The first-order chi connectivity index (χ1) is 12.9. The molecular weight excluding hydrogens is 370 g/mol. The standard InChI is InChI=1S/C17H17N5O4S/c18-17-20-9-5-4-8(6-12(9)27-17)19-7-13(23)21-14-10-2-1-3-11(16(25)26)22(10)15(14)24/h3-6,10,14,19H,1-2,7H2,(H2,18,20)(H,21,23)(H,25,26)/t10-,14-/m0/s1. The van der Waals surface area contributed by atoms with Gasteiger partial charge in [-0.3, -0.25) is 14.5 Å². The summed E-state index contributed by atoms with van der Waals surface area (Å²) in [4.78, 5) is 41.1. The number of nitrogens with one attached hydrogen (secondary N) is 2. The number of carbonyl (C=O) groups is 3. The zero-order valence-electron chi connectivity index (χ0n) is 14.1. The molecule has 10 heteroatoms. The molecule has 2 amide bonds. The van der Waals surface area contributed by atoms with Gasteiger partial charge in [0.1, 0.15) is 11.7 Å². The van der Waals surface area contributed by atoms with Crippen LogP contribution in [0.4, 0.5) is 10.8 Å². The van der Waals surface area contributed by atoms with Crippen molar-refractivity contribution in [3.05, 3.63) is 30.0 Å². The van der Waals surface area contributed by atoms with E-state index in [9.17, 15) is 14.4 Å². The van der Waals surface area contributed by atoms with Crippen LogP contribution in [0.3, 0.4) is 0 Å². The number of nitrogen functional groups attached to an aromatic ring is 1. The number of nitrogens with zero attached hydrogens (tertiary/aromatic N) is 2. The molecular formula is C17H17N5O4S. The molecule has 1 fully saturated rings. The maximum Gasteiger partial charge on any atom is 0.352 e. The third kappa shape index (κ3) is 3.08. The molecule has 9 nitrogen and oxygen atoms in total. The van der Waals surface area contributed by atoms with Crippen LogP contribution in [0, 0.1) is 0 Å². The second kappa shape index (κ2) is 6.54. The Balaban J connectivity index is 1.35. The molecule has 0 aliphatic carbocycles. The van der Waals surface area contributed by atoms with Gasteiger partial charge in [0.2, 0.25) is 5.91 Å². The number of hydrogen-bond donors (Lipinski definition) is 4. The maximum absolute atomic E-state index is 12.2. The second-order valence-electron chi connectivity index (χ2n) is 6.38. The van der Waals surface area contributed by atoms with E-state index in [0.717, 1.165) is 15.9 Å². The van der Waals surface area contributed by atoms with Crippen LogP contribution in [-0.2, 0) is 14.4 Å². The van der Waals surface area contributed by atoms with Gasteiger partial charge in [-0.25, -0.2) is 9.78 Å². The molecule has 4 rings (SSSR count). The fraction of sp³-hybridized carbons (Fsp3) is 0.294. The summed E-state index contributed by atoms with van der Waals surface area (Å²) in [5.74, 6) is -1.84. The molecule has 2 aromatic rings. The number of carboxylic acid groups (broad SMARTS) is 1. The molecule has 1 aromatic carbocycles. The summed E-state index contributed by atoms with van der Waals surface area (Å²) in [6.45, 7) is -0.00206. The summed E-state index contributed by atoms with van der Waals surface area (Å²) < 4.78 is 0.915. The lowest BCUT2D eigenvalue weighted by molar-refractivity contribution is -0.155. The number of anilines is 2. The fourth-order valence-corrected chi connectivity index (χ4v) is 4.21. The molecule has 1 saturated heterocycles. The van der Waals surface area contributed by atoms with E-state index >= 15 is 0 Å². The third-order valence-corrected chi connectivity index (χ3v) is 5.52. The van der Waals surface area contributed by atoms with Crippen LogP contribution in [-0.4, -0.2) is 51.4 Å². The van der Waals surface area contributed by atoms with Crippen molar-refractivity contribution in [2.45, 2.75) is 24.9 Å². The molecule has 1 aromatic heterocycles. The number of amides is 2. The van der Waals surface area contributed by atoms with Crippen molar-refractivity contribution in [3.63, 3.8) is 0 Å². The Kier molecular flexibility index (Phi) is 4.19. The van der Waals surface area contributed by atoms with Gasteiger partial charge in [0.05, 0.1) is 22.8 Å². The average molecular weight is 387 g/mol. The summed E-state index contributed by atoms with van der Waals surface area (Å²) in [6, 6.07) is 4.51. The summed E-state index contributed by atoms with van der Waals surface area (Å²) in [5, 5.41) is 15.3. The third-order valence-electron chi connectivity index (χ3n) is 4.67. The van der Waals surface area contributed by atoms with Gasteiger partial charge in [0, 0.05) is 5.69 Å². The van der Waals surface area contributed by atoms with Crippen LogP contribution in [0.15, 0.2) is 30.0 Å². The van der Waals surface area contributed by atoms with Crippen molar-refractivity contribution >= 4 is 50.2 Å². The summed E-state index contributed by atoms with van der Waals surface area (Å²) in [6.07, 6.45) is 2.74. The number of carbonyl (C=O) groups excluding carboxylic acids is 2. The zero-order valence-corrected chi connectivity index (χ0v) is 15.0. The SMILES string of the molecule is Nc1nc2ccc(NCC(=O)N[C@@H]3C(=O)N4C(C(=O)O)=CCC[C@@H]34)cc2s1. The number of fused-ring (bicyclic) bond motifs is 2. The smallest absolute Gasteiger partial charge is 0.352 e. The van der Waals surface area contributed by atoms with Gasteiger partial charge in [-0.1, -0.05) is 17.4 Å². The predicted molar refractivity (Wildman–Crippen MR) is 100 cm³/mol. The molecule has 0 spiro atoms. The van der Waals surface area contributed by atoms with Crippen molar-refractivity contribution in [2.75, 3.05) is 17.6 Å². The van der Waals surface area contributed by atoms with Crippen molar-refractivity contribution < 1.29 is 19.5 Å². The number of thiazole rings is 1. The highest BCUT2D eigenvalue weighted by Gasteiger charge is 2.51. The summed E-state index contributed by atoms with van der Waals surface area (Å²) in [7, 11) is 0. The molecule has 2 atom stereocenters. The molecule has 2 aliphatic rings. The Morgan fingerprint density at radius 1 is 1.41 bits per heavy atom. The van der Waals surface area contributed by atoms with E-state index in [0.29, 0.717) is 18.0 Å². The van der Waals surface area contributed by atoms with E-state index < -0.39 is 12.0 Å². The minimum absolute atomic E-state index is 0.00206. The number of nitrogens with two attached hydrogens (primary N) is 1. The minimum atomic E-state index is -1.13. The molecule has 140 valence electrons. The van der Waals surface area contributed by atoms with Crippen LogP contribution in [0.25, 0.3) is 10.2 Å². The van der Waals surface area contributed by atoms with Gasteiger partial charge in [-0.05, 0) is 31.0 Å². The predicted octanol–water partition coefficient (Wildman–Crippen LogP) is 0.748. The van der Waals surface area contributed by atoms with E-state index in [1.54, 1.807) is 12.1 Å². The summed E-state index contributed by atoms with van der Waals surface area (Å²) >= 11 is 1.36. The average Bonchev–Trinajstić information content (AvgIpc) is 3.02. The Hall–Kier alpha value is -3.14. The first-order valence-corrected chi connectivity index (χ1v) is 9.21. The van der Waals surface area contributed by atoms with Gasteiger partial charge in [-0.2, -0.15) is 0 Å². The first-order valence-electron chi connectivity index (χ1n) is 8.40. The van der Waals surface area contributed by atoms with Gasteiger partial charge < -0.3 is 21.5 Å². The number of benzene rings is 1. The van der Waals surface area contributed by atoms with Gasteiger partial charge in [-0.15, -0.1) is 0 Å². The Morgan fingerprint density at radius 2 is 2.22 bits per heavy atom. The van der Waals surface area contributed by atoms with E-state index in [1.165, 1.54) is 16.2 Å². The van der Waals surface area contributed by atoms with Crippen LogP contribution < -0.4 is 16.4 Å². The van der Waals surface area contributed by atoms with Crippen LogP contribution in [0.2, 0.25) is 0 Å². The van der Waals surface area contributed by atoms with Crippen molar-refractivity contribution in [2.24, 2.45) is 0 Å². The molecule has 27 heavy (non-hydrogen) atoms. The zero-order chi connectivity index (χ0) is 19.1. The van der Waals surface area contributed by atoms with E-state index in [-0.39, 0.29) is 30.1 Å². The number of carboxylic acids is 1. The molecule has 0 radical (unpaired) electrons. The number of aromatic nitrogens is 1. The highest BCUT2D eigenvalue weighted by Crippen LogP contribution is 2.33. The van der Waals surface area contributed by atoms with E-state index in [2.05, 4.69) is 15.6 Å². The Bertz CT molecular complexity index is 985. The first kappa shape index (κ1) is 17.3. The molecule has 0 unspecified atom stereocenters. The quantitative estimate of drug-likeness (QED) is 0.555. The van der Waals surface area contributed by atoms with E-state index in [4.69, 9.17) is 10.8 Å². The molecule has 2 aliphatic heterocycles. The Labute approximate surface area is 157 Å². The van der Waals surface area contributed by atoms with Gasteiger partial charge >= 0.3 is 5.97 Å². The normalized spacial score (nSPS) is 21.3. The second-order valence-corrected chi connectivity index (χ2v) is 7.44. The number of hydrogen-bond acceptors (Lipinski definition) is 7. The summed E-state index contributed by atoms with van der Waals surface area (Å²) in [5.41, 5.74) is 7.22. The lowest BCUT2D eigenvalue weighted by Crippen LogP contribution is -2.71. The molecule has 3 heterocycles. The number of rotatable bonds is 5. The minimum Gasteiger partial charge on any atom is -0.477 e. The van der Waals surface area contributed by atoms with Crippen LogP contribution >= 0.6 is 11.3 Å². The monoisotopic (exact) mass is 387 g/mol. The van der Waals surface area contributed by atoms with Crippen LogP contribution in [0.5, 0.6) is 0 Å². The van der Waals surface area contributed by atoms with Gasteiger partial charge in [0.15, 0.2) is 5.13 Å². The van der Waals surface area contributed by atoms with Crippen LogP contribution in [0.1, 0.15) is 12.8 Å². The van der Waals surface area contributed by atoms with Gasteiger partial charge in [0.25, 0.3) is 5.91 Å². The molecule has 0 saturated carbocycles. The van der Waals surface area contributed by atoms with Crippen molar-refractivity contribution in [3.8, 4) is 0 Å². The van der Waals surface area contributed by atoms with E-state index in [1.807, 2.05) is 12.1 Å². The largest absolute Gasteiger partial charge is 0.477 e. The van der Waals surface area contributed by atoms with Crippen molar-refractivity contribution in [1.29, 1.82) is 0 Å². The maximum atomic E-state index is 12.2. The molecule has 5 N–H and O–H groups in total. The number of β-lactam (4-membered cyclic amide) rings is 1. The highest BCUT2D eigenvalue weighted by atomic mass is 32.1. The lowest BCUT2D eigenvalue weighted by Gasteiger charge is -2.49. The highest BCUT2D eigenvalue weighted by molar-refractivity contribution is 7.22. The lowest BCUT2D eigenvalue weighted by atomic mass is 9.86. The fourth-order valence-electron chi connectivity index (χ4n) is 3.43. The number of allylic oxidation sites excluding steroid dienone is 1. The topological polar surface area (TPSA) is 138 Å².